The van der Waals surface area contributed by atoms with Gasteiger partial charge in [0.25, 0.3) is 5.56 Å². The standard InChI is InChI=1S/C25H24N2O5S/c1-5-25(32-14(4)28)18-10-20-21-16(11-27(20)23(29)17(18)12-31-24(25)30)22(33-13(2)3)15-8-6-7-9-19(15)26-21/h6-10,13H,5,11-12H2,1-4H3/t25-/m0/s1. The lowest BCUT2D eigenvalue weighted by Crippen LogP contribution is -2.47. The van der Waals surface area contributed by atoms with Gasteiger partial charge in [0.1, 0.15) is 6.61 Å². The van der Waals surface area contributed by atoms with Gasteiger partial charge in [-0.2, -0.15) is 0 Å². The highest BCUT2D eigenvalue weighted by Crippen LogP contribution is 2.44. The van der Waals surface area contributed by atoms with Crippen molar-refractivity contribution >= 4 is 34.6 Å². The molecule has 1 aromatic carbocycles. The third-order valence-electron chi connectivity index (χ3n) is 6.18. The number of fused-ring (bicyclic) bond motifs is 5. The smallest absolute Gasteiger partial charge is 0.355 e. The van der Waals surface area contributed by atoms with Crippen LogP contribution in [-0.2, 0) is 37.8 Å². The van der Waals surface area contributed by atoms with Crippen molar-refractivity contribution in [2.45, 2.75) is 63.0 Å². The second-order valence-corrected chi connectivity index (χ2v) is 10.2. The number of para-hydroxylation sites is 1. The molecule has 8 heteroatoms. The zero-order valence-corrected chi connectivity index (χ0v) is 19.7. The summed E-state index contributed by atoms with van der Waals surface area (Å²) in [4.78, 5) is 44.4. The van der Waals surface area contributed by atoms with Gasteiger partial charge in [-0.05, 0) is 18.6 Å². The number of cyclic esters (lactones) is 1. The Morgan fingerprint density at radius 1 is 1.27 bits per heavy atom. The minimum atomic E-state index is -1.64. The zero-order valence-electron chi connectivity index (χ0n) is 18.9. The number of nitrogens with zero attached hydrogens (tertiary/aromatic N) is 2. The van der Waals surface area contributed by atoms with E-state index in [1.807, 2.05) is 18.2 Å². The van der Waals surface area contributed by atoms with Crippen LogP contribution in [0.2, 0.25) is 0 Å². The summed E-state index contributed by atoms with van der Waals surface area (Å²) in [6.07, 6.45) is 0.160. The van der Waals surface area contributed by atoms with Crippen LogP contribution in [0.5, 0.6) is 0 Å². The van der Waals surface area contributed by atoms with Crippen LogP contribution < -0.4 is 5.56 Å². The SMILES string of the molecule is CC[C@@]1(OC(C)=O)C(=O)OCc2c1cc1n(c2=O)Cc2c-1nc1ccccc1c2SC(C)C. The lowest BCUT2D eigenvalue weighted by Gasteiger charge is -2.35. The van der Waals surface area contributed by atoms with Crippen LogP contribution in [0.1, 0.15) is 50.8 Å². The number of aromatic nitrogens is 2. The van der Waals surface area contributed by atoms with Gasteiger partial charge in [-0.1, -0.05) is 39.0 Å². The first-order valence-corrected chi connectivity index (χ1v) is 11.9. The van der Waals surface area contributed by atoms with Crippen molar-refractivity contribution in [2.24, 2.45) is 0 Å². The lowest BCUT2D eigenvalue weighted by molar-refractivity contribution is -0.188. The Morgan fingerprint density at radius 2 is 2.03 bits per heavy atom. The number of hydrogen-bond donors (Lipinski definition) is 0. The fourth-order valence-electron chi connectivity index (χ4n) is 4.76. The van der Waals surface area contributed by atoms with E-state index >= 15 is 0 Å². The van der Waals surface area contributed by atoms with Crippen LogP contribution in [0, 0.1) is 0 Å². The van der Waals surface area contributed by atoms with Crippen molar-refractivity contribution in [3.8, 4) is 11.4 Å². The van der Waals surface area contributed by atoms with Crippen molar-refractivity contribution in [3.63, 3.8) is 0 Å². The van der Waals surface area contributed by atoms with Crippen molar-refractivity contribution in [1.82, 2.24) is 9.55 Å². The fourth-order valence-corrected chi connectivity index (χ4v) is 5.84. The summed E-state index contributed by atoms with van der Waals surface area (Å²) < 4.78 is 12.5. The van der Waals surface area contributed by atoms with Crippen LogP contribution >= 0.6 is 11.8 Å². The molecular formula is C25H24N2O5S. The molecule has 4 heterocycles. The van der Waals surface area contributed by atoms with E-state index in [1.54, 1.807) is 29.3 Å². The van der Waals surface area contributed by atoms with E-state index < -0.39 is 17.5 Å². The van der Waals surface area contributed by atoms with Crippen LogP contribution in [0.25, 0.3) is 22.3 Å². The Morgan fingerprint density at radius 3 is 2.73 bits per heavy atom. The molecular weight excluding hydrogens is 440 g/mol. The monoisotopic (exact) mass is 464 g/mol. The van der Waals surface area contributed by atoms with Crippen LogP contribution in [0.15, 0.2) is 40.0 Å². The highest BCUT2D eigenvalue weighted by molar-refractivity contribution is 8.00. The molecule has 5 rings (SSSR count). The van der Waals surface area contributed by atoms with E-state index in [2.05, 4.69) is 19.9 Å². The minimum absolute atomic E-state index is 0.143. The summed E-state index contributed by atoms with van der Waals surface area (Å²) >= 11 is 1.75. The van der Waals surface area contributed by atoms with Gasteiger partial charge in [0.2, 0.25) is 5.60 Å². The van der Waals surface area contributed by atoms with Gasteiger partial charge < -0.3 is 14.0 Å². The highest BCUT2D eigenvalue weighted by Gasteiger charge is 2.50. The van der Waals surface area contributed by atoms with E-state index in [9.17, 15) is 14.4 Å². The van der Waals surface area contributed by atoms with E-state index in [-0.39, 0.29) is 18.6 Å². The molecule has 0 unspecified atom stereocenters. The molecule has 33 heavy (non-hydrogen) atoms. The predicted octanol–water partition coefficient (Wildman–Crippen LogP) is 4.15. The number of pyridine rings is 2. The molecule has 0 saturated heterocycles. The number of thioether (sulfide) groups is 1. The molecule has 1 atom stereocenters. The van der Waals surface area contributed by atoms with Gasteiger partial charge in [-0.3, -0.25) is 9.59 Å². The van der Waals surface area contributed by atoms with Gasteiger partial charge in [0, 0.05) is 33.6 Å². The Bertz CT molecular complexity index is 1390. The molecule has 3 aromatic rings. The summed E-state index contributed by atoms with van der Waals surface area (Å²) in [6.45, 7) is 7.51. The van der Waals surface area contributed by atoms with Gasteiger partial charge in [-0.25, -0.2) is 9.78 Å². The number of carbonyl (C=O) groups excluding carboxylic acids is 2. The first-order chi connectivity index (χ1) is 15.8. The van der Waals surface area contributed by atoms with E-state index in [0.717, 1.165) is 27.1 Å². The molecule has 0 radical (unpaired) electrons. The highest BCUT2D eigenvalue weighted by atomic mass is 32.2. The first-order valence-electron chi connectivity index (χ1n) is 11.0. The molecule has 0 amide bonds. The Balaban J connectivity index is 1.81. The number of esters is 2. The molecule has 0 aliphatic carbocycles. The lowest BCUT2D eigenvalue weighted by atomic mass is 9.85. The minimum Gasteiger partial charge on any atom is -0.457 e. The molecule has 0 fully saturated rings. The Hall–Kier alpha value is -3.13. The number of hydrogen-bond acceptors (Lipinski definition) is 7. The molecule has 2 aliphatic heterocycles. The molecule has 0 saturated carbocycles. The molecule has 0 N–H and O–H groups in total. The summed E-state index contributed by atoms with van der Waals surface area (Å²) in [5.74, 6) is -1.26. The second kappa shape index (κ2) is 7.73. The zero-order chi connectivity index (χ0) is 23.5. The van der Waals surface area contributed by atoms with Gasteiger partial charge in [0.15, 0.2) is 0 Å². The van der Waals surface area contributed by atoms with Crippen molar-refractivity contribution in [3.05, 3.63) is 57.4 Å². The average Bonchev–Trinajstić information content (AvgIpc) is 3.14. The number of ether oxygens (including phenoxy) is 2. The molecule has 2 aliphatic rings. The Labute approximate surface area is 195 Å². The van der Waals surface area contributed by atoms with Crippen LogP contribution in [0.4, 0.5) is 0 Å². The number of rotatable bonds is 4. The van der Waals surface area contributed by atoms with Crippen molar-refractivity contribution < 1.29 is 19.1 Å². The molecule has 0 spiro atoms. The molecule has 0 bridgehead atoms. The molecule has 2 aromatic heterocycles. The van der Waals surface area contributed by atoms with Gasteiger partial charge >= 0.3 is 11.9 Å². The predicted molar refractivity (Wildman–Crippen MR) is 125 cm³/mol. The molecule has 7 nitrogen and oxygen atoms in total. The second-order valence-electron chi connectivity index (χ2n) is 8.62. The third kappa shape index (κ3) is 3.19. The normalized spacial score (nSPS) is 18.6. The van der Waals surface area contributed by atoms with Gasteiger partial charge in [0.05, 0.1) is 29.0 Å². The maximum Gasteiger partial charge on any atom is 0.355 e. The summed E-state index contributed by atoms with van der Waals surface area (Å²) in [6, 6.07) is 9.75. The maximum atomic E-state index is 13.6. The summed E-state index contributed by atoms with van der Waals surface area (Å²) in [5.41, 5.74) is 2.05. The third-order valence-corrected chi connectivity index (χ3v) is 7.36. The number of carbonyl (C=O) groups is 2. The topological polar surface area (TPSA) is 87.5 Å². The van der Waals surface area contributed by atoms with Crippen LogP contribution in [-0.4, -0.2) is 26.7 Å². The fraction of sp³-hybridized carbons (Fsp3) is 0.360. The quantitative estimate of drug-likeness (QED) is 0.331. The van der Waals surface area contributed by atoms with E-state index in [0.29, 0.717) is 28.6 Å². The van der Waals surface area contributed by atoms with Crippen molar-refractivity contribution in [2.75, 3.05) is 0 Å². The first kappa shape index (κ1) is 21.7. The summed E-state index contributed by atoms with van der Waals surface area (Å²) in [7, 11) is 0. The van der Waals surface area contributed by atoms with Crippen LogP contribution in [0.3, 0.4) is 0 Å². The molecule has 170 valence electrons. The Kier molecular flexibility index (Phi) is 5.08. The van der Waals surface area contributed by atoms with Crippen molar-refractivity contribution in [1.29, 1.82) is 0 Å². The maximum absolute atomic E-state index is 13.6. The van der Waals surface area contributed by atoms with E-state index in [1.165, 1.54) is 6.92 Å². The van der Waals surface area contributed by atoms with Gasteiger partial charge in [-0.15, -0.1) is 11.8 Å². The summed E-state index contributed by atoms with van der Waals surface area (Å²) in [5, 5.41) is 1.40. The largest absolute Gasteiger partial charge is 0.457 e. The average molecular weight is 465 g/mol. The van der Waals surface area contributed by atoms with E-state index in [4.69, 9.17) is 14.5 Å². The number of benzene rings is 1.